The van der Waals surface area contributed by atoms with Crippen LogP contribution in [0.5, 0.6) is 5.75 Å². The first kappa shape index (κ1) is 15.4. The van der Waals surface area contributed by atoms with E-state index in [0.29, 0.717) is 10.8 Å². The van der Waals surface area contributed by atoms with E-state index >= 15 is 0 Å². The van der Waals surface area contributed by atoms with Crippen LogP contribution in [0.1, 0.15) is 19.3 Å². The molecule has 0 bridgehead atoms. The van der Waals surface area contributed by atoms with Crippen LogP contribution in [0.3, 0.4) is 0 Å². The van der Waals surface area contributed by atoms with Crippen LogP contribution in [0.15, 0.2) is 29.4 Å². The molecule has 1 amide bonds. The van der Waals surface area contributed by atoms with Crippen molar-refractivity contribution in [3.63, 3.8) is 0 Å². The third kappa shape index (κ3) is 4.26. The van der Waals surface area contributed by atoms with Crippen molar-refractivity contribution in [1.82, 2.24) is 5.32 Å². The standard InChI is InChI=1S/C14H18ClN3O3/c15-9-4-6-10(7-5-9)21-8-13(19)17-12-3-1-2-11(12)14(16)18-20/h4-7,11-12,20H,1-3,8H2,(H2,16,18)(H,17,19). The van der Waals surface area contributed by atoms with Crippen LogP contribution in [0, 0.1) is 5.92 Å². The van der Waals surface area contributed by atoms with Crippen LogP contribution >= 0.6 is 11.6 Å². The second-order valence-corrected chi connectivity index (χ2v) is 5.42. The number of hydrogen-bond donors (Lipinski definition) is 3. The predicted molar refractivity (Wildman–Crippen MR) is 79.6 cm³/mol. The maximum atomic E-state index is 11.9. The highest BCUT2D eigenvalue weighted by Crippen LogP contribution is 2.25. The molecule has 114 valence electrons. The molecular weight excluding hydrogens is 294 g/mol. The topological polar surface area (TPSA) is 96.9 Å². The first-order chi connectivity index (χ1) is 10.1. The normalized spacial score (nSPS) is 22.0. The maximum Gasteiger partial charge on any atom is 0.258 e. The Morgan fingerprint density at radius 3 is 2.81 bits per heavy atom. The molecular formula is C14H18ClN3O3. The van der Waals surface area contributed by atoms with Crippen LogP contribution in [-0.4, -0.2) is 29.6 Å². The van der Waals surface area contributed by atoms with Crippen molar-refractivity contribution < 1.29 is 14.7 Å². The van der Waals surface area contributed by atoms with Gasteiger partial charge in [0, 0.05) is 17.0 Å². The summed E-state index contributed by atoms with van der Waals surface area (Å²) in [6, 6.07) is 6.68. The zero-order valence-electron chi connectivity index (χ0n) is 11.5. The Morgan fingerprint density at radius 1 is 1.43 bits per heavy atom. The molecule has 2 atom stereocenters. The molecule has 0 radical (unpaired) electrons. The molecule has 7 heteroatoms. The fourth-order valence-corrected chi connectivity index (χ4v) is 2.62. The van der Waals surface area contributed by atoms with E-state index in [1.165, 1.54) is 0 Å². The predicted octanol–water partition coefficient (Wildman–Crippen LogP) is 1.75. The number of nitrogens with one attached hydrogen (secondary N) is 1. The number of amidine groups is 1. The fourth-order valence-electron chi connectivity index (χ4n) is 2.49. The quantitative estimate of drug-likeness (QED) is 0.334. The summed E-state index contributed by atoms with van der Waals surface area (Å²) in [4.78, 5) is 11.9. The van der Waals surface area contributed by atoms with Crippen LogP contribution in [0.2, 0.25) is 5.02 Å². The van der Waals surface area contributed by atoms with E-state index in [1.54, 1.807) is 24.3 Å². The number of amides is 1. The van der Waals surface area contributed by atoms with Crippen molar-refractivity contribution in [2.45, 2.75) is 25.3 Å². The third-order valence-corrected chi connectivity index (χ3v) is 3.79. The van der Waals surface area contributed by atoms with Crippen molar-refractivity contribution >= 4 is 23.3 Å². The summed E-state index contributed by atoms with van der Waals surface area (Å²) in [6.45, 7) is -0.0823. The van der Waals surface area contributed by atoms with Gasteiger partial charge in [-0.2, -0.15) is 0 Å². The lowest BCUT2D eigenvalue weighted by Crippen LogP contribution is -2.44. The molecule has 0 aromatic heterocycles. The number of carbonyl (C=O) groups excluding carboxylic acids is 1. The van der Waals surface area contributed by atoms with Crippen molar-refractivity contribution in [3.8, 4) is 5.75 Å². The number of halogens is 1. The van der Waals surface area contributed by atoms with Gasteiger partial charge in [-0.1, -0.05) is 23.2 Å². The number of nitrogens with two attached hydrogens (primary N) is 1. The number of rotatable bonds is 5. The van der Waals surface area contributed by atoms with Gasteiger partial charge in [0.15, 0.2) is 6.61 Å². The average Bonchev–Trinajstić information content (AvgIpc) is 2.94. The van der Waals surface area contributed by atoms with Gasteiger partial charge in [0.1, 0.15) is 11.6 Å². The van der Waals surface area contributed by atoms with E-state index in [1.807, 2.05) is 0 Å². The summed E-state index contributed by atoms with van der Waals surface area (Å²) < 4.78 is 5.37. The first-order valence-corrected chi connectivity index (χ1v) is 7.13. The smallest absolute Gasteiger partial charge is 0.258 e. The number of benzene rings is 1. The molecule has 6 nitrogen and oxygen atoms in total. The zero-order valence-corrected chi connectivity index (χ0v) is 12.2. The lowest BCUT2D eigenvalue weighted by molar-refractivity contribution is -0.123. The number of oxime groups is 1. The molecule has 1 aromatic rings. The lowest BCUT2D eigenvalue weighted by Gasteiger charge is -2.19. The highest BCUT2D eigenvalue weighted by molar-refractivity contribution is 6.30. The van der Waals surface area contributed by atoms with Gasteiger partial charge in [-0.05, 0) is 37.1 Å². The Morgan fingerprint density at radius 2 is 2.14 bits per heavy atom. The summed E-state index contributed by atoms with van der Waals surface area (Å²) in [5.74, 6) is 0.396. The third-order valence-electron chi connectivity index (χ3n) is 3.54. The van der Waals surface area contributed by atoms with Crippen molar-refractivity contribution in [2.24, 2.45) is 16.8 Å². The molecule has 1 saturated carbocycles. The van der Waals surface area contributed by atoms with Gasteiger partial charge < -0.3 is 21.0 Å². The molecule has 0 aliphatic heterocycles. The van der Waals surface area contributed by atoms with Crippen LogP contribution in [0.25, 0.3) is 0 Å². The van der Waals surface area contributed by atoms with Crippen molar-refractivity contribution in [1.29, 1.82) is 0 Å². The monoisotopic (exact) mass is 311 g/mol. The number of nitrogens with zero attached hydrogens (tertiary/aromatic N) is 1. The molecule has 21 heavy (non-hydrogen) atoms. The Balaban J connectivity index is 1.83. The molecule has 2 unspecified atom stereocenters. The highest BCUT2D eigenvalue weighted by atomic mass is 35.5. The minimum absolute atomic E-state index is 0.0823. The fraction of sp³-hybridized carbons (Fsp3) is 0.429. The Kier molecular flexibility index (Phi) is 5.27. The molecule has 1 fully saturated rings. The minimum atomic E-state index is -0.229. The van der Waals surface area contributed by atoms with Gasteiger partial charge in [0.05, 0.1) is 0 Å². The first-order valence-electron chi connectivity index (χ1n) is 6.75. The van der Waals surface area contributed by atoms with Crippen LogP contribution < -0.4 is 15.8 Å². The second kappa shape index (κ2) is 7.17. The van der Waals surface area contributed by atoms with E-state index < -0.39 is 0 Å². The van der Waals surface area contributed by atoms with Gasteiger partial charge in [0.2, 0.25) is 0 Å². The zero-order chi connectivity index (χ0) is 15.2. The molecule has 0 spiro atoms. The van der Waals surface area contributed by atoms with Gasteiger partial charge in [-0.25, -0.2) is 0 Å². The van der Waals surface area contributed by atoms with E-state index in [0.717, 1.165) is 19.3 Å². The summed E-state index contributed by atoms with van der Waals surface area (Å²) in [6.07, 6.45) is 2.55. The average molecular weight is 312 g/mol. The molecule has 0 saturated heterocycles. The summed E-state index contributed by atoms with van der Waals surface area (Å²) in [5.41, 5.74) is 5.63. The van der Waals surface area contributed by atoms with E-state index in [2.05, 4.69) is 10.5 Å². The van der Waals surface area contributed by atoms with E-state index in [4.69, 9.17) is 27.3 Å². The van der Waals surface area contributed by atoms with E-state index in [-0.39, 0.29) is 30.3 Å². The minimum Gasteiger partial charge on any atom is -0.484 e. The lowest BCUT2D eigenvalue weighted by atomic mass is 10.0. The summed E-state index contributed by atoms with van der Waals surface area (Å²) in [5, 5.41) is 15.2. The number of hydrogen-bond acceptors (Lipinski definition) is 4. The van der Waals surface area contributed by atoms with Crippen LogP contribution in [-0.2, 0) is 4.79 Å². The largest absolute Gasteiger partial charge is 0.484 e. The number of ether oxygens (including phenoxy) is 1. The molecule has 4 N–H and O–H groups in total. The van der Waals surface area contributed by atoms with Gasteiger partial charge in [-0.3, -0.25) is 4.79 Å². The maximum absolute atomic E-state index is 11.9. The molecule has 0 heterocycles. The van der Waals surface area contributed by atoms with Crippen molar-refractivity contribution in [2.75, 3.05) is 6.61 Å². The van der Waals surface area contributed by atoms with Crippen LogP contribution in [0.4, 0.5) is 0 Å². The molecule has 1 aliphatic carbocycles. The summed E-state index contributed by atoms with van der Waals surface area (Å²) >= 11 is 5.77. The summed E-state index contributed by atoms with van der Waals surface area (Å²) in [7, 11) is 0. The molecule has 2 rings (SSSR count). The van der Waals surface area contributed by atoms with E-state index in [9.17, 15) is 4.79 Å². The van der Waals surface area contributed by atoms with Gasteiger partial charge >= 0.3 is 0 Å². The van der Waals surface area contributed by atoms with Gasteiger partial charge in [-0.15, -0.1) is 0 Å². The Bertz CT molecular complexity index is 519. The molecule has 1 aromatic carbocycles. The Labute approximate surface area is 127 Å². The van der Waals surface area contributed by atoms with Gasteiger partial charge in [0.25, 0.3) is 5.91 Å². The Hall–Kier alpha value is -1.95. The van der Waals surface area contributed by atoms with Crippen molar-refractivity contribution in [3.05, 3.63) is 29.3 Å². The SMILES string of the molecule is NC(=NO)C1CCCC1NC(=O)COc1ccc(Cl)cc1. The highest BCUT2D eigenvalue weighted by Gasteiger charge is 2.31. The second-order valence-electron chi connectivity index (χ2n) is 4.98. The molecule has 1 aliphatic rings. The number of carbonyl (C=O) groups is 1.